The third-order valence-electron chi connectivity index (χ3n) is 5.65. The summed E-state index contributed by atoms with van der Waals surface area (Å²) in [6, 6.07) is 7.89. The molecular formula is C23H33NO7Si. The topological polar surface area (TPSA) is 91.4 Å². The predicted molar refractivity (Wildman–Crippen MR) is 123 cm³/mol. The first-order valence-corrected chi connectivity index (χ1v) is 12.4. The molecule has 0 aromatic heterocycles. The molecule has 3 rings (SSSR count). The Kier molecular flexibility index (Phi) is 10.7. The summed E-state index contributed by atoms with van der Waals surface area (Å²) in [6.07, 6.45) is 5.63. The molecule has 8 nitrogen and oxygen atoms in total. The third kappa shape index (κ3) is 7.09. The van der Waals surface area contributed by atoms with Crippen LogP contribution in [0.3, 0.4) is 0 Å². The molecule has 1 aromatic rings. The lowest BCUT2D eigenvalue weighted by molar-refractivity contribution is -0.248. The van der Waals surface area contributed by atoms with Gasteiger partial charge in [-0.2, -0.15) is 0 Å². The Morgan fingerprint density at radius 1 is 1.06 bits per heavy atom. The fourth-order valence-corrected chi connectivity index (χ4v) is 4.52. The van der Waals surface area contributed by atoms with Gasteiger partial charge in [0.2, 0.25) is 11.8 Å². The number of carbonyl (C=O) groups excluding carboxylic acids is 3. The molecule has 1 saturated heterocycles. The zero-order chi connectivity index (χ0) is 23.5. The monoisotopic (exact) mass is 463 g/mol. The summed E-state index contributed by atoms with van der Waals surface area (Å²) in [5.41, 5.74) is 1.40. The van der Waals surface area contributed by atoms with Gasteiger partial charge in [-0.25, -0.2) is 14.6 Å². The number of rotatable bonds is 8. The lowest BCUT2D eigenvalue weighted by Crippen LogP contribution is -2.30. The smallest absolute Gasteiger partial charge is 0.330 e. The third-order valence-corrected chi connectivity index (χ3v) is 6.64. The van der Waals surface area contributed by atoms with Crippen LogP contribution in [-0.4, -0.2) is 55.5 Å². The van der Waals surface area contributed by atoms with Crippen molar-refractivity contribution < 1.29 is 33.3 Å². The van der Waals surface area contributed by atoms with Crippen LogP contribution in [0.2, 0.25) is 6.04 Å². The van der Waals surface area contributed by atoms with Gasteiger partial charge in [0.05, 0.1) is 38.3 Å². The maximum Gasteiger partial charge on any atom is 0.330 e. The Balaban J connectivity index is 0.000000837. The molecule has 2 fully saturated rings. The number of nitrogens with zero attached hydrogens (tertiary/aromatic N) is 1. The predicted octanol–water partition coefficient (Wildman–Crippen LogP) is 2.51. The molecule has 1 aromatic carbocycles. The minimum atomic E-state index is -0.578. The van der Waals surface area contributed by atoms with Crippen molar-refractivity contribution in [1.82, 2.24) is 0 Å². The van der Waals surface area contributed by atoms with Gasteiger partial charge < -0.3 is 9.16 Å². The van der Waals surface area contributed by atoms with E-state index >= 15 is 0 Å². The normalized spacial score (nSPS) is 22.9. The second-order valence-electron chi connectivity index (χ2n) is 7.92. The van der Waals surface area contributed by atoms with Crippen molar-refractivity contribution in [1.29, 1.82) is 0 Å². The Bertz CT molecular complexity index is 794. The number of hydrogen-bond acceptors (Lipinski definition) is 7. The number of carbonyl (C=O) groups is 3. The number of amides is 2. The summed E-state index contributed by atoms with van der Waals surface area (Å²) in [6.45, 7) is 2.52. The molecule has 1 heterocycles. The van der Waals surface area contributed by atoms with Crippen LogP contribution in [0.1, 0.15) is 31.7 Å². The molecule has 0 spiro atoms. The van der Waals surface area contributed by atoms with E-state index in [1.165, 1.54) is 25.2 Å². The van der Waals surface area contributed by atoms with Gasteiger partial charge in [0.1, 0.15) is 0 Å². The number of ether oxygens (including phenoxy) is 1. The number of imide groups is 1. The van der Waals surface area contributed by atoms with E-state index in [9.17, 15) is 14.4 Å². The molecule has 32 heavy (non-hydrogen) atoms. The van der Waals surface area contributed by atoms with Crippen molar-refractivity contribution in [2.24, 2.45) is 17.8 Å². The second kappa shape index (κ2) is 13.3. The maximum absolute atomic E-state index is 12.8. The van der Waals surface area contributed by atoms with E-state index in [0.29, 0.717) is 18.2 Å². The maximum atomic E-state index is 12.8. The van der Waals surface area contributed by atoms with Crippen LogP contribution >= 0.6 is 0 Å². The Morgan fingerprint density at radius 3 is 2.34 bits per heavy atom. The fourth-order valence-electron chi connectivity index (χ4n) is 3.97. The van der Waals surface area contributed by atoms with Crippen molar-refractivity contribution in [3.63, 3.8) is 0 Å². The first-order chi connectivity index (χ1) is 15.4. The van der Waals surface area contributed by atoms with E-state index in [-0.39, 0.29) is 23.7 Å². The molecular weight excluding hydrogens is 430 g/mol. The van der Waals surface area contributed by atoms with Gasteiger partial charge in [-0.1, -0.05) is 19.1 Å². The summed E-state index contributed by atoms with van der Waals surface area (Å²) in [7, 11) is 4.00. The van der Waals surface area contributed by atoms with Crippen LogP contribution in [0.15, 0.2) is 30.3 Å². The van der Waals surface area contributed by atoms with Gasteiger partial charge in [0.15, 0.2) is 9.76 Å². The van der Waals surface area contributed by atoms with Gasteiger partial charge in [0.25, 0.3) is 0 Å². The molecule has 3 atom stereocenters. The molecule has 1 saturated carbocycles. The highest BCUT2D eigenvalue weighted by molar-refractivity contribution is 6.27. The molecule has 0 bridgehead atoms. The first kappa shape index (κ1) is 25.9. The van der Waals surface area contributed by atoms with Gasteiger partial charge in [-0.05, 0) is 55.0 Å². The second-order valence-corrected chi connectivity index (χ2v) is 9.61. The molecule has 3 unspecified atom stereocenters. The minimum Gasteiger partial charge on any atom is -0.463 e. The summed E-state index contributed by atoms with van der Waals surface area (Å²) in [4.78, 5) is 46.6. The number of fused-ring (bicyclic) bond motifs is 1. The van der Waals surface area contributed by atoms with Crippen molar-refractivity contribution >= 4 is 39.3 Å². The van der Waals surface area contributed by atoms with E-state index in [0.717, 1.165) is 30.9 Å². The molecule has 0 radical (unpaired) electrons. The van der Waals surface area contributed by atoms with Crippen LogP contribution < -0.4 is 4.90 Å². The summed E-state index contributed by atoms with van der Waals surface area (Å²) in [5, 5.41) is 0. The van der Waals surface area contributed by atoms with Crippen molar-refractivity contribution in [2.75, 3.05) is 32.8 Å². The van der Waals surface area contributed by atoms with Gasteiger partial charge in [0, 0.05) is 13.2 Å². The van der Waals surface area contributed by atoms with Crippen molar-refractivity contribution in [3.8, 4) is 0 Å². The van der Waals surface area contributed by atoms with Gasteiger partial charge in [-0.15, -0.1) is 0 Å². The van der Waals surface area contributed by atoms with E-state index in [1.807, 2.05) is 0 Å². The van der Waals surface area contributed by atoms with E-state index < -0.39 is 15.7 Å². The number of hydrogen-bond donors (Lipinski definition) is 0. The van der Waals surface area contributed by atoms with Crippen molar-refractivity contribution in [2.45, 2.75) is 32.2 Å². The summed E-state index contributed by atoms with van der Waals surface area (Å²) < 4.78 is 10.1. The molecule has 0 N–H and O–H groups in total. The Morgan fingerprint density at radius 2 is 1.72 bits per heavy atom. The van der Waals surface area contributed by atoms with Crippen LogP contribution in [0.5, 0.6) is 0 Å². The minimum absolute atomic E-state index is 0.0756. The van der Waals surface area contributed by atoms with Gasteiger partial charge >= 0.3 is 5.97 Å². The number of anilines is 1. The highest BCUT2D eigenvalue weighted by Gasteiger charge is 2.49. The average Bonchev–Trinajstić information content (AvgIpc) is 3.05. The molecule has 1 aliphatic heterocycles. The molecule has 176 valence electrons. The van der Waals surface area contributed by atoms with Crippen LogP contribution in [0, 0.1) is 17.8 Å². The molecule has 2 amide bonds. The quantitative estimate of drug-likeness (QED) is 0.111. The SMILES string of the molecule is COOC.CO[SiH2]CCOC(=O)C=Cc1ccc(N2C(=O)C3CCC(C)CC3C2=O)cc1. The largest absolute Gasteiger partial charge is 0.463 e. The summed E-state index contributed by atoms with van der Waals surface area (Å²) >= 11 is 0. The van der Waals surface area contributed by atoms with E-state index in [4.69, 9.17) is 9.16 Å². The molecule has 2 aliphatic rings. The lowest BCUT2D eigenvalue weighted by Gasteiger charge is -2.25. The zero-order valence-corrected chi connectivity index (χ0v) is 20.7. The standard InChI is InChI=1S/C21H27NO5Si.C2H6O2/c1-14-3-9-17-18(13-14)21(25)22(20(17)24)16-7-4-15(5-8-16)6-10-19(23)27-11-12-28-26-2;1-3-4-2/h4-8,10,14,17-18H,3,9,11-13,28H2,1-2H3;1-2H3. The number of benzene rings is 1. The van der Waals surface area contributed by atoms with E-state index in [1.54, 1.807) is 37.5 Å². The molecule has 9 heteroatoms. The van der Waals surface area contributed by atoms with Crippen LogP contribution in [-0.2, 0) is 33.3 Å². The zero-order valence-electron chi connectivity index (χ0n) is 19.2. The first-order valence-electron chi connectivity index (χ1n) is 10.8. The highest BCUT2D eigenvalue weighted by Crippen LogP contribution is 2.42. The number of esters is 1. The average molecular weight is 464 g/mol. The van der Waals surface area contributed by atoms with Crippen LogP contribution in [0.25, 0.3) is 6.08 Å². The van der Waals surface area contributed by atoms with E-state index in [2.05, 4.69) is 16.7 Å². The Hall–Kier alpha value is -2.33. The molecule has 1 aliphatic carbocycles. The highest BCUT2D eigenvalue weighted by atomic mass is 28.2. The fraction of sp³-hybridized carbons (Fsp3) is 0.522. The van der Waals surface area contributed by atoms with Gasteiger partial charge in [-0.3, -0.25) is 14.5 Å². The Labute approximate surface area is 191 Å². The lowest BCUT2D eigenvalue weighted by atomic mass is 9.76. The van der Waals surface area contributed by atoms with Crippen molar-refractivity contribution in [3.05, 3.63) is 35.9 Å². The van der Waals surface area contributed by atoms with Crippen LogP contribution in [0.4, 0.5) is 5.69 Å². The summed E-state index contributed by atoms with van der Waals surface area (Å²) in [5.74, 6) is -0.397.